The molecule has 0 aliphatic carbocycles. The van der Waals surface area contributed by atoms with E-state index in [-0.39, 0.29) is 17.9 Å². The number of benzene rings is 2. The molecule has 3 rings (SSSR count). The normalized spacial score (nSPS) is 11.3. The van der Waals surface area contributed by atoms with Gasteiger partial charge in [-0.1, -0.05) is 32.9 Å². The van der Waals surface area contributed by atoms with Gasteiger partial charge in [0.05, 0.1) is 12.7 Å². The van der Waals surface area contributed by atoms with E-state index < -0.39 is 5.97 Å². The number of carbonyl (C=O) groups is 1. The third-order valence-corrected chi connectivity index (χ3v) is 4.12. The number of esters is 1. The summed E-state index contributed by atoms with van der Waals surface area (Å²) in [4.78, 5) is 12.2. The Morgan fingerprint density at radius 2 is 1.67 bits per heavy atom. The van der Waals surface area contributed by atoms with Gasteiger partial charge in [0.1, 0.15) is 5.75 Å². The molecule has 0 radical (unpaired) electrons. The minimum Gasteiger partial charge on any atom is -0.497 e. The lowest BCUT2D eigenvalue weighted by molar-refractivity contribution is 0.0438. The van der Waals surface area contributed by atoms with Crippen molar-refractivity contribution in [1.82, 2.24) is 10.2 Å². The van der Waals surface area contributed by atoms with Crippen molar-refractivity contribution in [2.24, 2.45) is 0 Å². The van der Waals surface area contributed by atoms with Crippen LogP contribution in [0.15, 0.2) is 52.9 Å². The number of carbonyl (C=O) groups excluding carboxylic acids is 1. The Bertz CT molecular complexity index is 907. The average molecular weight is 366 g/mol. The maximum atomic E-state index is 12.2. The van der Waals surface area contributed by atoms with Crippen LogP contribution >= 0.6 is 0 Å². The van der Waals surface area contributed by atoms with Crippen molar-refractivity contribution in [3.8, 4) is 17.2 Å². The second-order valence-corrected chi connectivity index (χ2v) is 7.13. The molecule has 0 fully saturated rings. The number of rotatable bonds is 5. The summed E-state index contributed by atoms with van der Waals surface area (Å²) in [5.74, 6) is 0.906. The summed E-state index contributed by atoms with van der Waals surface area (Å²) in [6.45, 7) is 6.28. The summed E-state index contributed by atoms with van der Waals surface area (Å²) < 4.78 is 15.9. The first-order valence-corrected chi connectivity index (χ1v) is 8.61. The fraction of sp³-hybridized carbons (Fsp3) is 0.286. The van der Waals surface area contributed by atoms with Crippen LogP contribution in [0.4, 0.5) is 0 Å². The highest BCUT2D eigenvalue weighted by molar-refractivity contribution is 5.89. The molecule has 0 aliphatic rings. The van der Waals surface area contributed by atoms with Crippen LogP contribution in [-0.4, -0.2) is 23.3 Å². The fourth-order valence-electron chi connectivity index (χ4n) is 2.48. The molecular formula is C21H22N2O4. The number of hydrogen-bond donors (Lipinski definition) is 0. The molecule has 0 spiro atoms. The van der Waals surface area contributed by atoms with Crippen LogP contribution in [0.25, 0.3) is 11.5 Å². The van der Waals surface area contributed by atoms with Crippen molar-refractivity contribution in [3.63, 3.8) is 0 Å². The Kier molecular flexibility index (Phi) is 5.26. The minimum absolute atomic E-state index is 0.0318. The first-order valence-electron chi connectivity index (χ1n) is 8.61. The van der Waals surface area contributed by atoms with Crippen molar-refractivity contribution in [2.75, 3.05) is 7.11 Å². The van der Waals surface area contributed by atoms with Crippen molar-refractivity contribution >= 4 is 5.97 Å². The highest BCUT2D eigenvalue weighted by atomic mass is 16.5. The predicted octanol–water partition coefficient (Wildman–Crippen LogP) is 4.40. The minimum atomic E-state index is -0.431. The van der Waals surface area contributed by atoms with Crippen LogP contribution in [0, 0.1) is 0 Å². The molecule has 3 aromatic rings. The molecule has 1 heterocycles. The molecule has 27 heavy (non-hydrogen) atoms. The second-order valence-electron chi connectivity index (χ2n) is 7.13. The molecule has 1 aromatic heterocycles. The molecule has 0 aliphatic heterocycles. The van der Waals surface area contributed by atoms with Gasteiger partial charge in [0, 0.05) is 5.56 Å². The van der Waals surface area contributed by atoms with E-state index in [1.165, 1.54) is 0 Å². The van der Waals surface area contributed by atoms with Crippen LogP contribution in [-0.2, 0) is 16.8 Å². The van der Waals surface area contributed by atoms with E-state index in [9.17, 15) is 4.79 Å². The van der Waals surface area contributed by atoms with E-state index in [0.29, 0.717) is 11.5 Å². The molecular weight excluding hydrogens is 344 g/mol. The summed E-state index contributed by atoms with van der Waals surface area (Å²) in [7, 11) is 1.60. The summed E-state index contributed by atoms with van der Waals surface area (Å²) in [5, 5.41) is 7.90. The van der Waals surface area contributed by atoms with Gasteiger partial charge in [0.25, 0.3) is 5.89 Å². The van der Waals surface area contributed by atoms with E-state index in [2.05, 4.69) is 31.0 Å². The average Bonchev–Trinajstić information content (AvgIpc) is 3.14. The molecule has 140 valence electrons. The van der Waals surface area contributed by atoms with Crippen molar-refractivity contribution in [2.45, 2.75) is 32.8 Å². The number of methoxy groups -OCH3 is 1. The van der Waals surface area contributed by atoms with Crippen LogP contribution in [0.2, 0.25) is 0 Å². The Hall–Kier alpha value is -3.15. The monoisotopic (exact) mass is 366 g/mol. The lowest BCUT2D eigenvalue weighted by Crippen LogP contribution is -2.12. The Labute approximate surface area is 158 Å². The van der Waals surface area contributed by atoms with E-state index in [0.717, 1.165) is 16.9 Å². The lowest BCUT2D eigenvalue weighted by Gasteiger charge is -2.18. The summed E-state index contributed by atoms with van der Waals surface area (Å²) in [6, 6.07) is 14.6. The maximum Gasteiger partial charge on any atom is 0.338 e. The summed E-state index contributed by atoms with van der Waals surface area (Å²) in [5.41, 5.74) is 2.43. The zero-order chi connectivity index (χ0) is 19.4. The van der Waals surface area contributed by atoms with Crippen LogP contribution in [0.5, 0.6) is 5.75 Å². The number of aromatic nitrogens is 2. The van der Waals surface area contributed by atoms with Crippen molar-refractivity contribution in [1.29, 1.82) is 0 Å². The van der Waals surface area contributed by atoms with Gasteiger partial charge < -0.3 is 13.9 Å². The van der Waals surface area contributed by atoms with Crippen molar-refractivity contribution < 1.29 is 18.7 Å². The van der Waals surface area contributed by atoms with Gasteiger partial charge in [0.2, 0.25) is 5.89 Å². The van der Waals surface area contributed by atoms with Crippen LogP contribution < -0.4 is 4.74 Å². The first-order chi connectivity index (χ1) is 12.9. The van der Waals surface area contributed by atoms with E-state index in [1.807, 2.05) is 24.3 Å². The maximum absolute atomic E-state index is 12.2. The highest BCUT2D eigenvalue weighted by Crippen LogP contribution is 2.23. The number of ether oxygens (including phenoxy) is 2. The molecule has 0 atom stereocenters. The Morgan fingerprint density at radius 3 is 2.26 bits per heavy atom. The van der Waals surface area contributed by atoms with Gasteiger partial charge in [-0.3, -0.25) is 0 Å². The smallest absolute Gasteiger partial charge is 0.338 e. The van der Waals surface area contributed by atoms with Gasteiger partial charge in [-0.25, -0.2) is 4.79 Å². The van der Waals surface area contributed by atoms with Gasteiger partial charge >= 0.3 is 5.97 Å². The van der Waals surface area contributed by atoms with Gasteiger partial charge in [-0.2, -0.15) is 0 Å². The SMILES string of the molecule is COc1ccc(-c2nnc(COC(=O)c3ccc(C(C)(C)C)cc3)o2)cc1. The molecule has 0 unspecified atom stereocenters. The third-order valence-electron chi connectivity index (χ3n) is 4.12. The van der Waals surface area contributed by atoms with Gasteiger partial charge in [-0.15, -0.1) is 10.2 Å². The van der Waals surface area contributed by atoms with Crippen LogP contribution in [0.1, 0.15) is 42.6 Å². The third kappa shape index (κ3) is 4.53. The summed E-state index contributed by atoms with van der Waals surface area (Å²) in [6.07, 6.45) is 0. The van der Waals surface area contributed by atoms with Crippen LogP contribution in [0.3, 0.4) is 0 Å². The Morgan fingerprint density at radius 1 is 1.00 bits per heavy atom. The highest BCUT2D eigenvalue weighted by Gasteiger charge is 2.16. The quantitative estimate of drug-likeness (QED) is 0.623. The second kappa shape index (κ2) is 7.61. The number of hydrogen-bond acceptors (Lipinski definition) is 6. The molecule has 2 aromatic carbocycles. The first kappa shape index (κ1) is 18.6. The van der Waals surface area contributed by atoms with E-state index in [4.69, 9.17) is 13.9 Å². The zero-order valence-corrected chi connectivity index (χ0v) is 15.9. The molecule has 6 heteroatoms. The molecule has 0 bridgehead atoms. The molecule has 0 saturated carbocycles. The van der Waals surface area contributed by atoms with Gasteiger partial charge in [-0.05, 0) is 47.4 Å². The molecule has 0 saturated heterocycles. The van der Waals surface area contributed by atoms with E-state index in [1.54, 1.807) is 31.4 Å². The Balaban J connectivity index is 1.61. The fourth-order valence-corrected chi connectivity index (χ4v) is 2.48. The van der Waals surface area contributed by atoms with Crippen molar-refractivity contribution in [3.05, 3.63) is 65.5 Å². The van der Waals surface area contributed by atoms with E-state index >= 15 is 0 Å². The predicted molar refractivity (Wildman–Crippen MR) is 101 cm³/mol. The van der Waals surface area contributed by atoms with Gasteiger partial charge in [0.15, 0.2) is 6.61 Å². The number of nitrogens with zero attached hydrogens (tertiary/aromatic N) is 2. The standard InChI is InChI=1S/C21H22N2O4/c1-21(2,3)16-9-5-15(6-10-16)20(24)26-13-18-22-23-19(27-18)14-7-11-17(25-4)12-8-14/h5-12H,13H2,1-4H3. The summed E-state index contributed by atoms with van der Waals surface area (Å²) >= 11 is 0. The molecule has 0 amide bonds. The molecule has 6 nitrogen and oxygen atoms in total. The lowest BCUT2D eigenvalue weighted by atomic mass is 9.87. The topological polar surface area (TPSA) is 74.5 Å². The molecule has 0 N–H and O–H groups in total. The zero-order valence-electron chi connectivity index (χ0n) is 15.9. The largest absolute Gasteiger partial charge is 0.497 e.